The molecule has 2 aliphatic heterocycles. The van der Waals surface area contributed by atoms with Gasteiger partial charge in [0.15, 0.2) is 5.70 Å². The van der Waals surface area contributed by atoms with Crippen LogP contribution in [-0.2, 0) is 0 Å². The first-order chi connectivity index (χ1) is 8.03. The van der Waals surface area contributed by atoms with E-state index in [4.69, 9.17) is 0 Å². The summed E-state index contributed by atoms with van der Waals surface area (Å²) < 4.78 is 30.7. The molecule has 0 aliphatic carbocycles. The zero-order valence-electron chi connectivity index (χ0n) is 9.77. The Balaban J connectivity index is 2.36. The van der Waals surface area contributed by atoms with E-state index in [9.17, 15) is 8.63 Å². The number of nitrogens with zero attached hydrogens (tertiary/aromatic N) is 2. The van der Waals surface area contributed by atoms with E-state index in [-0.39, 0.29) is 5.92 Å². The van der Waals surface area contributed by atoms with Crippen LogP contribution in [0.2, 0.25) is 0 Å². The van der Waals surface area contributed by atoms with Gasteiger partial charge in [0.05, 0.1) is 0 Å². The zero-order valence-corrected chi connectivity index (χ0v) is 9.77. The van der Waals surface area contributed by atoms with Crippen molar-refractivity contribution in [1.82, 2.24) is 4.48 Å². The Kier molecular flexibility index (Phi) is 1.97. The molecule has 0 saturated carbocycles. The van der Waals surface area contributed by atoms with Gasteiger partial charge in [-0.05, 0) is 24.2 Å². The van der Waals surface area contributed by atoms with E-state index in [1.165, 1.54) is 12.4 Å². The summed E-state index contributed by atoms with van der Waals surface area (Å²) in [6, 6.07) is 3.45. The number of allylic oxidation sites excluding steroid dienone is 3. The summed E-state index contributed by atoms with van der Waals surface area (Å²) in [5.41, 5.74) is 2.25. The molecule has 1 aromatic heterocycles. The lowest BCUT2D eigenvalue weighted by molar-refractivity contribution is -0.356. The van der Waals surface area contributed by atoms with Crippen molar-refractivity contribution in [2.75, 3.05) is 0 Å². The maximum absolute atomic E-state index is 14.3. The van der Waals surface area contributed by atoms with Crippen molar-refractivity contribution in [2.24, 2.45) is 5.92 Å². The zero-order chi connectivity index (χ0) is 12.2. The minimum absolute atomic E-state index is 0.212. The maximum Gasteiger partial charge on any atom is 0.736 e. The first kappa shape index (κ1) is 10.5. The second kappa shape index (κ2) is 3.18. The molecule has 0 bridgehead atoms. The molecule has 0 fully saturated rings. The minimum Gasteiger partial charge on any atom is -0.396 e. The van der Waals surface area contributed by atoms with Crippen LogP contribution in [0.25, 0.3) is 5.57 Å². The van der Waals surface area contributed by atoms with Crippen LogP contribution in [0.1, 0.15) is 19.5 Å². The smallest absolute Gasteiger partial charge is 0.396 e. The molecule has 0 radical (unpaired) electrons. The van der Waals surface area contributed by atoms with Crippen molar-refractivity contribution in [3.05, 3.63) is 41.9 Å². The van der Waals surface area contributed by atoms with Crippen LogP contribution >= 0.6 is 0 Å². The average molecular weight is 234 g/mol. The van der Waals surface area contributed by atoms with Crippen molar-refractivity contribution in [1.29, 1.82) is 0 Å². The molecule has 0 atom stereocenters. The molecule has 3 rings (SSSR count). The van der Waals surface area contributed by atoms with E-state index >= 15 is 0 Å². The topological polar surface area (TPSA) is 7.94 Å². The minimum atomic E-state index is -3.73. The number of aromatic nitrogens is 1. The molecule has 2 aliphatic rings. The van der Waals surface area contributed by atoms with Crippen LogP contribution in [0, 0.1) is 5.92 Å². The van der Waals surface area contributed by atoms with Gasteiger partial charge in [-0.2, -0.15) is 0 Å². The van der Waals surface area contributed by atoms with Gasteiger partial charge in [-0.3, -0.25) is 0 Å². The van der Waals surface area contributed by atoms with Gasteiger partial charge >= 0.3 is 6.97 Å². The van der Waals surface area contributed by atoms with Crippen molar-refractivity contribution < 1.29 is 13.1 Å². The summed E-state index contributed by atoms with van der Waals surface area (Å²) in [7, 11) is 0. The first-order valence-corrected chi connectivity index (χ1v) is 5.77. The predicted molar refractivity (Wildman–Crippen MR) is 65.0 cm³/mol. The van der Waals surface area contributed by atoms with E-state index in [1.54, 1.807) is 24.3 Å². The van der Waals surface area contributed by atoms with Gasteiger partial charge in [0.1, 0.15) is 6.21 Å². The van der Waals surface area contributed by atoms with Gasteiger partial charge in [0.2, 0.25) is 0 Å². The second-order valence-corrected chi connectivity index (χ2v) is 4.76. The van der Waals surface area contributed by atoms with Crippen LogP contribution in [0.4, 0.5) is 8.63 Å². The summed E-state index contributed by atoms with van der Waals surface area (Å²) in [4.78, 5) is 0. The standard InChI is InChI=1S/C12H13BF2N2/c1-9(2)12-10-5-3-7-16(10)13(14,15)17-8-4-6-11(12)17/h3-9H,1-2H3. The molecule has 0 unspecified atom stereocenters. The molecule has 88 valence electrons. The molecule has 0 spiro atoms. The quantitative estimate of drug-likeness (QED) is 0.660. The van der Waals surface area contributed by atoms with Crippen LogP contribution < -0.4 is 0 Å². The molecular weight excluding hydrogens is 221 g/mol. The third-order valence-corrected chi connectivity index (χ3v) is 3.36. The van der Waals surface area contributed by atoms with Gasteiger partial charge < -0.3 is 17.6 Å². The van der Waals surface area contributed by atoms with E-state index in [1.807, 2.05) is 13.8 Å². The number of fused-ring (bicyclic) bond motifs is 2. The van der Waals surface area contributed by atoms with Crippen molar-refractivity contribution in [3.63, 3.8) is 0 Å². The Bertz CT molecular complexity index is 579. The van der Waals surface area contributed by atoms with Gasteiger partial charge in [-0.25, -0.2) is 0 Å². The average Bonchev–Trinajstić information content (AvgIpc) is 2.84. The molecule has 1 aromatic rings. The molecule has 2 nitrogen and oxygen atoms in total. The highest BCUT2D eigenvalue weighted by atomic mass is 19.2. The van der Waals surface area contributed by atoms with Gasteiger partial charge in [-0.15, -0.1) is 0 Å². The van der Waals surface area contributed by atoms with Crippen LogP contribution in [-0.4, -0.2) is 22.1 Å². The van der Waals surface area contributed by atoms with Crippen LogP contribution in [0.3, 0.4) is 0 Å². The predicted octanol–water partition coefficient (Wildman–Crippen LogP) is 2.74. The Labute approximate surface area is 98.6 Å². The maximum atomic E-state index is 14.3. The van der Waals surface area contributed by atoms with E-state index in [0.29, 0.717) is 11.4 Å². The van der Waals surface area contributed by atoms with Gasteiger partial charge in [0.25, 0.3) is 0 Å². The molecule has 0 saturated heterocycles. The number of rotatable bonds is 1. The van der Waals surface area contributed by atoms with Gasteiger partial charge in [-0.1, -0.05) is 13.8 Å². The molecule has 0 N–H and O–H groups in total. The fourth-order valence-corrected chi connectivity index (χ4v) is 2.64. The van der Waals surface area contributed by atoms with Crippen LogP contribution in [0.15, 0.2) is 36.2 Å². The number of hydrogen-bond donors (Lipinski definition) is 0. The molecule has 17 heavy (non-hydrogen) atoms. The van der Waals surface area contributed by atoms with Gasteiger partial charge in [0, 0.05) is 23.4 Å². The second-order valence-electron chi connectivity index (χ2n) is 4.76. The molecule has 5 heteroatoms. The highest BCUT2D eigenvalue weighted by Gasteiger charge is 2.51. The fourth-order valence-electron chi connectivity index (χ4n) is 2.64. The summed E-state index contributed by atoms with van der Waals surface area (Å²) in [6.45, 7) is 0.326. The normalized spacial score (nSPS) is 20.6. The highest BCUT2D eigenvalue weighted by molar-refractivity contribution is 6.57. The lowest BCUT2D eigenvalue weighted by atomic mass is 9.85. The first-order valence-electron chi connectivity index (χ1n) is 5.77. The van der Waals surface area contributed by atoms with Crippen molar-refractivity contribution in [3.8, 4) is 0 Å². The third-order valence-electron chi connectivity index (χ3n) is 3.36. The summed E-state index contributed by atoms with van der Waals surface area (Å²) in [6.07, 6.45) is 6.36. The van der Waals surface area contributed by atoms with Crippen molar-refractivity contribution >= 4 is 18.8 Å². The van der Waals surface area contributed by atoms with E-state index in [0.717, 1.165) is 14.5 Å². The Morgan fingerprint density at radius 2 is 2.12 bits per heavy atom. The highest BCUT2D eigenvalue weighted by Crippen LogP contribution is 2.38. The largest absolute Gasteiger partial charge is 0.736 e. The Morgan fingerprint density at radius 1 is 1.35 bits per heavy atom. The number of halogens is 2. The third kappa shape index (κ3) is 1.22. The molecular formula is C12H13BF2N2. The summed E-state index contributed by atoms with van der Waals surface area (Å²) in [5, 5.41) is 0. The van der Waals surface area contributed by atoms with Crippen LogP contribution in [0.5, 0.6) is 0 Å². The Hall–Kier alpha value is -1.65. The van der Waals surface area contributed by atoms with E-state index < -0.39 is 6.97 Å². The molecule has 3 heterocycles. The lowest BCUT2D eigenvalue weighted by Gasteiger charge is -2.31. The molecule has 0 aromatic carbocycles. The monoisotopic (exact) mass is 234 g/mol. The summed E-state index contributed by atoms with van der Waals surface area (Å²) in [5.74, 6) is 0.212. The Morgan fingerprint density at radius 3 is 2.82 bits per heavy atom. The van der Waals surface area contributed by atoms with Crippen molar-refractivity contribution in [2.45, 2.75) is 13.8 Å². The van der Waals surface area contributed by atoms with E-state index in [2.05, 4.69) is 0 Å². The number of hydrogen-bond acceptors (Lipinski definition) is 0. The SMILES string of the molecule is CC(C)C1=C2C=CC=[N+]2[B-](F)(F)n2cccc21. The fraction of sp³-hybridized carbons (Fsp3) is 0.250. The summed E-state index contributed by atoms with van der Waals surface area (Å²) >= 11 is 0. The molecule has 0 amide bonds. The lowest BCUT2D eigenvalue weighted by Crippen LogP contribution is -2.49.